The number of piperazine rings is 1. The molecule has 1 fully saturated rings. The van der Waals surface area contributed by atoms with Crippen LogP contribution in [0.25, 0.3) is 0 Å². The van der Waals surface area contributed by atoms with E-state index >= 15 is 0 Å². The first kappa shape index (κ1) is 18.7. The molecule has 5 nitrogen and oxygen atoms in total. The van der Waals surface area contributed by atoms with E-state index in [1.165, 1.54) is 5.56 Å². The van der Waals surface area contributed by atoms with Crippen LogP contribution in [0.2, 0.25) is 0 Å². The molecule has 1 aliphatic rings. The number of nitrogens with one attached hydrogen (secondary N) is 1. The Labute approximate surface area is 146 Å². The molecule has 5 heteroatoms. The van der Waals surface area contributed by atoms with Gasteiger partial charge in [0.25, 0.3) is 0 Å². The number of carbonyl (C=O) groups is 1. The van der Waals surface area contributed by atoms with Gasteiger partial charge < -0.3 is 10.1 Å². The van der Waals surface area contributed by atoms with E-state index in [0.29, 0.717) is 12.6 Å². The van der Waals surface area contributed by atoms with Crippen LogP contribution >= 0.6 is 0 Å². The molecule has 1 amide bonds. The first-order valence-electron chi connectivity index (χ1n) is 9.01. The van der Waals surface area contributed by atoms with E-state index < -0.39 is 0 Å². The molecule has 2 rings (SSSR count). The quantitative estimate of drug-likeness (QED) is 0.791. The van der Waals surface area contributed by atoms with Crippen molar-refractivity contribution in [1.29, 1.82) is 0 Å². The van der Waals surface area contributed by atoms with E-state index in [4.69, 9.17) is 4.74 Å². The van der Waals surface area contributed by atoms with Gasteiger partial charge in [0, 0.05) is 38.8 Å². The fraction of sp³-hybridized carbons (Fsp3) is 0.632. The first-order chi connectivity index (χ1) is 11.6. The predicted molar refractivity (Wildman–Crippen MR) is 97.2 cm³/mol. The molecule has 1 N–H and O–H groups in total. The second-order valence-corrected chi connectivity index (χ2v) is 6.48. The van der Waals surface area contributed by atoms with Crippen LogP contribution < -0.4 is 10.1 Å². The summed E-state index contributed by atoms with van der Waals surface area (Å²) in [6, 6.07) is 8.57. The third-order valence-corrected chi connectivity index (χ3v) is 4.75. The molecule has 1 saturated heterocycles. The number of carbonyl (C=O) groups excluding carboxylic acids is 1. The van der Waals surface area contributed by atoms with E-state index in [1.807, 2.05) is 12.1 Å². The van der Waals surface area contributed by atoms with E-state index in [2.05, 4.69) is 41.1 Å². The van der Waals surface area contributed by atoms with Gasteiger partial charge in [0.1, 0.15) is 5.75 Å². The molecule has 1 aromatic carbocycles. The molecule has 1 aliphatic heterocycles. The molecule has 24 heavy (non-hydrogen) atoms. The summed E-state index contributed by atoms with van der Waals surface area (Å²) in [6.07, 6.45) is 2.00. The minimum Gasteiger partial charge on any atom is -0.497 e. The topological polar surface area (TPSA) is 44.8 Å². The highest BCUT2D eigenvalue weighted by atomic mass is 16.5. The molecule has 134 valence electrons. The average Bonchev–Trinajstić information content (AvgIpc) is 2.62. The molecule has 0 saturated carbocycles. The molecule has 0 radical (unpaired) electrons. The van der Waals surface area contributed by atoms with Crippen molar-refractivity contribution in [3.63, 3.8) is 0 Å². The average molecular weight is 333 g/mol. The number of nitrogens with zero attached hydrogens (tertiary/aromatic N) is 2. The van der Waals surface area contributed by atoms with Gasteiger partial charge >= 0.3 is 0 Å². The number of hydrogen-bond donors (Lipinski definition) is 1. The highest BCUT2D eigenvalue weighted by Gasteiger charge is 2.19. The van der Waals surface area contributed by atoms with Gasteiger partial charge in [-0.25, -0.2) is 0 Å². The lowest BCUT2D eigenvalue weighted by atomic mass is 10.1. The van der Waals surface area contributed by atoms with Gasteiger partial charge in [0.2, 0.25) is 5.91 Å². The van der Waals surface area contributed by atoms with E-state index in [-0.39, 0.29) is 5.91 Å². The van der Waals surface area contributed by atoms with Crippen LogP contribution in [0.3, 0.4) is 0 Å². The van der Waals surface area contributed by atoms with Crippen LogP contribution in [0.4, 0.5) is 0 Å². The maximum absolute atomic E-state index is 12.1. The van der Waals surface area contributed by atoms with Crippen LogP contribution in [0.1, 0.15) is 32.3 Å². The number of rotatable bonds is 8. The van der Waals surface area contributed by atoms with Crippen LogP contribution in [0.15, 0.2) is 24.3 Å². The fourth-order valence-corrected chi connectivity index (χ4v) is 3.06. The normalized spacial score (nSPS) is 16.3. The lowest BCUT2D eigenvalue weighted by Crippen LogP contribution is -2.50. The summed E-state index contributed by atoms with van der Waals surface area (Å²) in [5, 5.41) is 3.12. The van der Waals surface area contributed by atoms with Crippen molar-refractivity contribution in [2.24, 2.45) is 0 Å². The van der Waals surface area contributed by atoms with Crippen LogP contribution in [-0.2, 0) is 11.3 Å². The van der Waals surface area contributed by atoms with Gasteiger partial charge in [-0.05, 0) is 30.5 Å². The largest absolute Gasteiger partial charge is 0.497 e. The van der Waals surface area contributed by atoms with Gasteiger partial charge in [-0.2, -0.15) is 0 Å². The van der Waals surface area contributed by atoms with Gasteiger partial charge in [-0.15, -0.1) is 0 Å². The second kappa shape index (κ2) is 9.64. The molecule has 0 bridgehead atoms. The van der Waals surface area contributed by atoms with Crippen LogP contribution in [-0.4, -0.2) is 61.6 Å². The maximum atomic E-state index is 12.1. The standard InChI is InChI=1S/C19H31N3O2/c1-4-17(5-2)20-19(23)15-22-12-10-21(11-13-22)14-16-6-8-18(24-3)9-7-16/h6-9,17H,4-5,10-15H2,1-3H3,(H,20,23). The Hall–Kier alpha value is -1.59. The number of hydrogen-bond acceptors (Lipinski definition) is 4. The first-order valence-corrected chi connectivity index (χ1v) is 9.01. The molecule has 0 aromatic heterocycles. The Bertz CT molecular complexity index is 492. The Morgan fingerprint density at radius 1 is 1.08 bits per heavy atom. The van der Waals surface area contributed by atoms with Crippen molar-refractivity contribution >= 4 is 5.91 Å². The zero-order valence-corrected chi connectivity index (χ0v) is 15.3. The van der Waals surface area contributed by atoms with Crippen molar-refractivity contribution in [2.45, 2.75) is 39.3 Å². The molecule has 0 atom stereocenters. The highest BCUT2D eigenvalue weighted by molar-refractivity contribution is 5.78. The Kier molecular flexibility index (Phi) is 7.53. The third kappa shape index (κ3) is 5.80. The second-order valence-electron chi connectivity index (χ2n) is 6.48. The highest BCUT2D eigenvalue weighted by Crippen LogP contribution is 2.14. The Morgan fingerprint density at radius 2 is 1.67 bits per heavy atom. The van der Waals surface area contributed by atoms with E-state index in [9.17, 15) is 4.79 Å². The van der Waals surface area contributed by atoms with Gasteiger partial charge in [-0.1, -0.05) is 26.0 Å². The molecule has 0 spiro atoms. The van der Waals surface area contributed by atoms with Crippen molar-refractivity contribution in [3.05, 3.63) is 29.8 Å². The lowest BCUT2D eigenvalue weighted by molar-refractivity contribution is -0.123. The molecule has 1 aromatic rings. The predicted octanol–water partition coefficient (Wildman–Crippen LogP) is 2.12. The van der Waals surface area contributed by atoms with Crippen molar-refractivity contribution in [3.8, 4) is 5.75 Å². The third-order valence-electron chi connectivity index (χ3n) is 4.75. The SMILES string of the molecule is CCC(CC)NC(=O)CN1CCN(Cc2ccc(OC)cc2)CC1. The monoisotopic (exact) mass is 333 g/mol. The zero-order valence-electron chi connectivity index (χ0n) is 15.3. The Morgan fingerprint density at radius 3 is 2.21 bits per heavy atom. The lowest BCUT2D eigenvalue weighted by Gasteiger charge is -2.34. The van der Waals surface area contributed by atoms with Crippen molar-refractivity contribution in [1.82, 2.24) is 15.1 Å². The summed E-state index contributed by atoms with van der Waals surface area (Å²) in [5.74, 6) is 1.05. The fourth-order valence-electron chi connectivity index (χ4n) is 3.06. The van der Waals surface area contributed by atoms with Gasteiger partial charge in [0.15, 0.2) is 0 Å². The van der Waals surface area contributed by atoms with Gasteiger partial charge in [-0.3, -0.25) is 14.6 Å². The summed E-state index contributed by atoms with van der Waals surface area (Å²) in [5.41, 5.74) is 1.30. The van der Waals surface area contributed by atoms with Crippen LogP contribution in [0, 0.1) is 0 Å². The molecular formula is C19H31N3O2. The number of methoxy groups -OCH3 is 1. The summed E-state index contributed by atoms with van der Waals surface area (Å²) in [7, 11) is 1.69. The summed E-state index contributed by atoms with van der Waals surface area (Å²) >= 11 is 0. The van der Waals surface area contributed by atoms with E-state index in [0.717, 1.165) is 51.3 Å². The smallest absolute Gasteiger partial charge is 0.234 e. The van der Waals surface area contributed by atoms with Gasteiger partial charge in [0.05, 0.1) is 13.7 Å². The zero-order chi connectivity index (χ0) is 17.4. The molecule has 0 unspecified atom stereocenters. The Balaban J connectivity index is 1.71. The molecule has 0 aliphatic carbocycles. The van der Waals surface area contributed by atoms with Crippen molar-refractivity contribution < 1.29 is 9.53 Å². The maximum Gasteiger partial charge on any atom is 0.234 e. The number of benzene rings is 1. The van der Waals surface area contributed by atoms with Crippen LogP contribution in [0.5, 0.6) is 5.75 Å². The number of amides is 1. The summed E-state index contributed by atoms with van der Waals surface area (Å²) < 4.78 is 5.20. The minimum absolute atomic E-state index is 0.160. The van der Waals surface area contributed by atoms with E-state index in [1.54, 1.807) is 7.11 Å². The summed E-state index contributed by atoms with van der Waals surface area (Å²) in [6.45, 7) is 9.62. The summed E-state index contributed by atoms with van der Waals surface area (Å²) in [4.78, 5) is 16.8. The number of ether oxygens (including phenoxy) is 1. The molecule has 1 heterocycles. The minimum atomic E-state index is 0.160. The molecular weight excluding hydrogens is 302 g/mol. The van der Waals surface area contributed by atoms with Crippen molar-refractivity contribution in [2.75, 3.05) is 39.8 Å².